The van der Waals surface area contributed by atoms with Gasteiger partial charge >= 0.3 is 6.09 Å². The minimum atomic E-state index is -0.550. The van der Waals surface area contributed by atoms with Crippen molar-refractivity contribution >= 4 is 33.4 Å². The number of nitrogens with zero attached hydrogens (tertiary/aromatic N) is 1. The van der Waals surface area contributed by atoms with E-state index in [0.29, 0.717) is 17.1 Å². The van der Waals surface area contributed by atoms with Crippen LogP contribution in [0.15, 0.2) is 85.1 Å². The van der Waals surface area contributed by atoms with Crippen molar-refractivity contribution in [2.75, 3.05) is 21.3 Å². The summed E-state index contributed by atoms with van der Waals surface area (Å²) in [5.74, 6) is 1.16. The Bertz CT molecular complexity index is 1380. The maximum atomic E-state index is 13.2. The molecule has 0 heterocycles. The molecule has 0 fully saturated rings. The van der Waals surface area contributed by atoms with Gasteiger partial charge in [0.1, 0.15) is 18.1 Å². The molecule has 6 nitrogen and oxygen atoms in total. The summed E-state index contributed by atoms with van der Waals surface area (Å²) in [5, 5.41) is 3.39. The highest BCUT2D eigenvalue weighted by atomic mass is 16.6. The average molecular weight is 456 g/mol. The summed E-state index contributed by atoms with van der Waals surface area (Å²) in [5.41, 5.74) is 1.40. The van der Waals surface area contributed by atoms with Gasteiger partial charge in [-0.1, -0.05) is 42.5 Å². The van der Waals surface area contributed by atoms with Crippen LogP contribution >= 0.6 is 0 Å². The van der Waals surface area contributed by atoms with Crippen LogP contribution in [0.1, 0.15) is 15.9 Å². The number of ketones is 1. The number of methoxy groups -OCH3 is 2. The monoisotopic (exact) mass is 455 g/mol. The van der Waals surface area contributed by atoms with Crippen LogP contribution in [-0.2, 0) is 11.3 Å². The quantitative estimate of drug-likeness (QED) is 0.195. The number of hydrogen-bond donors (Lipinski definition) is 0. The minimum absolute atomic E-state index is 0.158. The molecule has 0 bridgehead atoms. The molecule has 34 heavy (non-hydrogen) atoms. The molecule has 4 rings (SSSR count). The predicted octanol–water partition coefficient (Wildman–Crippen LogP) is 5.98. The number of allylic oxidation sites excluding steroid dienone is 1. The molecule has 0 saturated heterocycles. The van der Waals surface area contributed by atoms with E-state index in [0.717, 1.165) is 27.1 Å². The molecule has 0 unspecified atom stereocenters. The third-order valence-corrected chi connectivity index (χ3v) is 5.57. The zero-order valence-corrected chi connectivity index (χ0v) is 19.3. The summed E-state index contributed by atoms with van der Waals surface area (Å²) in [4.78, 5) is 26.7. The Morgan fingerprint density at radius 3 is 2.41 bits per heavy atom. The topological polar surface area (TPSA) is 65.1 Å². The maximum absolute atomic E-state index is 13.2. The van der Waals surface area contributed by atoms with Gasteiger partial charge in [0.05, 0.1) is 14.2 Å². The SMILES string of the molecule is COc1ccc2c(C(=O)C=CN(C)C(=O)OCc3ccccc3)cc3cccc(OC)c3c2c1. The standard InChI is InChI=1S/C28H25NO5/c1-29(28(31)34-18-19-8-5-4-6-9-19)15-14-25(30)23-16-20-10-7-11-26(33-3)27(20)24-17-21(32-2)12-13-22(23)24/h4-17H,18H2,1-3H3. The van der Waals surface area contributed by atoms with Crippen molar-refractivity contribution in [1.82, 2.24) is 4.90 Å². The molecule has 0 radical (unpaired) electrons. The van der Waals surface area contributed by atoms with Crippen LogP contribution in [0.5, 0.6) is 11.5 Å². The molecule has 0 aliphatic carbocycles. The summed E-state index contributed by atoms with van der Waals surface area (Å²) < 4.78 is 16.3. The van der Waals surface area contributed by atoms with Gasteiger partial charge in [-0.15, -0.1) is 0 Å². The number of rotatable bonds is 7. The van der Waals surface area contributed by atoms with Crippen LogP contribution in [0.3, 0.4) is 0 Å². The van der Waals surface area contributed by atoms with Crippen molar-refractivity contribution < 1.29 is 23.8 Å². The largest absolute Gasteiger partial charge is 0.497 e. The van der Waals surface area contributed by atoms with Crippen LogP contribution in [0.2, 0.25) is 0 Å². The molecular formula is C28H25NO5. The fourth-order valence-electron chi connectivity index (χ4n) is 3.81. The van der Waals surface area contributed by atoms with Crippen molar-refractivity contribution in [3.63, 3.8) is 0 Å². The third-order valence-electron chi connectivity index (χ3n) is 5.57. The van der Waals surface area contributed by atoms with Gasteiger partial charge in [-0.25, -0.2) is 4.79 Å². The van der Waals surface area contributed by atoms with Gasteiger partial charge in [0, 0.05) is 30.3 Å². The van der Waals surface area contributed by atoms with Gasteiger partial charge < -0.3 is 14.2 Å². The smallest absolute Gasteiger partial charge is 0.413 e. The van der Waals surface area contributed by atoms with Gasteiger partial charge in [0.15, 0.2) is 5.78 Å². The lowest BCUT2D eigenvalue weighted by Crippen LogP contribution is -2.22. The van der Waals surface area contributed by atoms with E-state index >= 15 is 0 Å². The van der Waals surface area contributed by atoms with Gasteiger partial charge in [0.25, 0.3) is 0 Å². The molecule has 172 valence electrons. The fraction of sp³-hybridized carbons (Fsp3) is 0.143. The molecule has 4 aromatic carbocycles. The summed E-state index contributed by atoms with van der Waals surface area (Å²) >= 11 is 0. The summed E-state index contributed by atoms with van der Waals surface area (Å²) in [6, 6.07) is 22.5. The first kappa shape index (κ1) is 22.9. The van der Waals surface area contributed by atoms with Gasteiger partial charge in [0.2, 0.25) is 0 Å². The molecule has 0 saturated carbocycles. The predicted molar refractivity (Wildman–Crippen MR) is 132 cm³/mol. The zero-order valence-electron chi connectivity index (χ0n) is 19.3. The van der Waals surface area contributed by atoms with Crippen molar-refractivity contribution in [2.24, 2.45) is 0 Å². The second-order valence-electron chi connectivity index (χ2n) is 7.73. The van der Waals surface area contributed by atoms with E-state index in [1.165, 1.54) is 17.2 Å². The number of hydrogen-bond acceptors (Lipinski definition) is 5. The number of amides is 1. The first-order valence-corrected chi connectivity index (χ1v) is 10.8. The molecular weight excluding hydrogens is 430 g/mol. The summed E-state index contributed by atoms with van der Waals surface area (Å²) in [7, 11) is 4.77. The number of carbonyl (C=O) groups is 2. The summed E-state index contributed by atoms with van der Waals surface area (Å²) in [6.07, 6.45) is 2.24. The van der Waals surface area contributed by atoms with Crippen LogP contribution in [0.4, 0.5) is 4.79 Å². The Hall–Kier alpha value is -4.32. The van der Waals surface area contributed by atoms with Crippen molar-refractivity contribution in [1.29, 1.82) is 0 Å². The lowest BCUT2D eigenvalue weighted by Gasteiger charge is -2.14. The lowest BCUT2D eigenvalue weighted by atomic mass is 9.94. The molecule has 0 aromatic heterocycles. The average Bonchev–Trinajstić information content (AvgIpc) is 2.89. The Labute approximate surface area is 198 Å². The fourth-order valence-corrected chi connectivity index (χ4v) is 3.81. The first-order valence-electron chi connectivity index (χ1n) is 10.8. The second-order valence-corrected chi connectivity index (χ2v) is 7.73. The zero-order chi connectivity index (χ0) is 24.1. The van der Waals surface area contributed by atoms with E-state index in [-0.39, 0.29) is 12.4 Å². The van der Waals surface area contributed by atoms with E-state index in [1.807, 2.05) is 72.8 Å². The maximum Gasteiger partial charge on any atom is 0.413 e. The molecule has 0 atom stereocenters. The number of fused-ring (bicyclic) bond motifs is 3. The van der Waals surface area contributed by atoms with Crippen LogP contribution < -0.4 is 9.47 Å². The van der Waals surface area contributed by atoms with Crippen LogP contribution in [0.25, 0.3) is 21.5 Å². The van der Waals surface area contributed by atoms with Gasteiger partial charge in [-0.3, -0.25) is 9.69 Å². The van der Waals surface area contributed by atoms with Crippen LogP contribution in [-0.4, -0.2) is 38.0 Å². The van der Waals surface area contributed by atoms with Gasteiger partial charge in [-0.05, 0) is 52.1 Å². The molecule has 0 aliphatic rings. The first-order chi connectivity index (χ1) is 16.5. The molecule has 4 aromatic rings. The molecule has 0 spiro atoms. The third kappa shape index (κ3) is 4.71. The molecule has 1 amide bonds. The van der Waals surface area contributed by atoms with E-state index in [9.17, 15) is 9.59 Å². The Morgan fingerprint density at radius 1 is 0.882 bits per heavy atom. The summed E-state index contributed by atoms with van der Waals surface area (Å²) in [6.45, 7) is 0.158. The number of ether oxygens (including phenoxy) is 3. The van der Waals surface area contributed by atoms with Crippen molar-refractivity contribution in [3.8, 4) is 11.5 Å². The van der Waals surface area contributed by atoms with E-state index in [4.69, 9.17) is 14.2 Å². The Balaban J connectivity index is 1.62. The Kier molecular flexibility index (Phi) is 6.78. The molecule has 0 aliphatic heterocycles. The van der Waals surface area contributed by atoms with Crippen LogP contribution in [0, 0.1) is 0 Å². The lowest BCUT2D eigenvalue weighted by molar-refractivity contribution is 0.104. The van der Waals surface area contributed by atoms with E-state index in [2.05, 4.69) is 0 Å². The Morgan fingerprint density at radius 2 is 1.68 bits per heavy atom. The van der Waals surface area contributed by atoms with Crippen molar-refractivity contribution in [2.45, 2.75) is 6.61 Å². The molecule has 6 heteroatoms. The highest BCUT2D eigenvalue weighted by Crippen LogP contribution is 2.37. The minimum Gasteiger partial charge on any atom is -0.497 e. The van der Waals surface area contributed by atoms with E-state index < -0.39 is 6.09 Å². The van der Waals surface area contributed by atoms with E-state index in [1.54, 1.807) is 21.3 Å². The number of carbonyl (C=O) groups excluding carboxylic acids is 2. The molecule has 0 N–H and O–H groups in total. The van der Waals surface area contributed by atoms with Gasteiger partial charge in [-0.2, -0.15) is 0 Å². The normalized spacial score (nSPS) is 11.0. The van der Waals surface area contributed by atoms with Crippen molar-refractivity contribution in [3.05, 3.63) is 96.2 Å². The highest BCUT2D eigenvalue weighted by molar-refractivity contribution is 6.21. The highest BCUT2D eigenvalue weighted by Gasteiger charge is 2.16. The second kappa shape index (κ2) is 10.1. The number of benzene rings is 4.